The van der Waals surface area contributed by atoms with Crippen LogP contribution in [0, 0.1) is 23.7 Å². The van der Waals surface area contributed by atoms with Crippen molar-refractivity contribution in [3.05, 3.63) is 28.8 Å². The maximum atomic E-state index is 13.3. The predicted octanol–water partition coefficient (Wildman–Crippen LogP) is -0.886. The molecule has 3 aliphatic carbocycles. The summed E-state index contributed by atoms with van der Waals surface area (Å²) in [5.41, 5.74) is 2.32. The third kappa shape index (κ3) is 2.67. The van der Waals surface area contributed by atoms with Gasteiger partial charge in [0.1, 0.15) is 11.3 Å². The Morgan fingerprint density at radius 2 is 1.81 bits per heavy atom. The molecule has 31 heavy (non-hydrogen) atoms. The number of primary amides is 1. The Morgan fingerprint density at radius 3 is 2.42 bits per heavy atom. The lowest BCUT2D eigenvalue weighted by atomic mass is 9.54. The Kier molecular flexibility index (Phi) is 4.58. The molecule has 3 aliphatic rings. The molecule has 0 radical (unpaired) electrons. The number of fused-ring (bicyclic) bond motifs is 3. The minimum absolute atomic E-state index is 0.0144. The third-order valence-electron chi connectivity index (χ3n) is 6.68. The molecule has 1 amide bonds. The fourth-order valence-electron chi connectivity index (χ4n) is 5.22. The van der Waals surface area contributed by atoms with Gasteiger partial charge in [-0.05, 0) is 30.4 Å². The van der Waals surface area contributed by atoms with E-state index in [1.54, 1.807) is 0 Å². The van der Waals surface area contributed by atoms with Crippen LogP contribution in [0.15, 0.2) is 12.1 Å². The van der Waals surface area contributed by atoms with Crippen molar-refractivity contribution in [3.63, 3.8) is 0 Å². The Labute approximate surface area is 175 Å². The molecule has 0 aliphatic heterocycles. The van der Waals surface area contributed by atoms with Crippen LogP contribution in [0.2, 0.25) is 0 Å². The smallest absolute Gasteiger partial charge is 0.341 e. The topological polar surface area (TPSA) is 178 Å². The fraction of sp³-hybridized carbons (Fsp3) is 0.429. The van der Waals surface area contributed by atoms with Crippen LogP contribution in [0.25, 0.3) is 0 Å². The van der Waals surface area contributed by atoms with Crippen molar-refractivity contribution in [2.45, 2.75) is 24.9 Å². The first-order valence-corrected chi connectivity index (χ1v) is 9.64. The molecule has 1 aromatic rings. The number of esters is 1. The number of ether oxygens (including phenoxy) is 1. The molecule has 0 aromatic heterocycles. The number of Topliss-reactive ketones (excluding diaryl/α,β-unsaturated/α-hetero) is 4. The minimum Gasteiger partial charge on any atom is -0.506 e. The van der Waals surface area contributed by atoms with E-state index in [0.29, 0.717) is 5.56 Å². The molecule has 5 unspecified atom stereocenters. The quantitative estimate of drug-likeness (QED) is 0.397. The summed E-state index contributed by atoms with van der Waals surface area (Å²) in [6.45, 7) is 0. The number of aromatic hydroxyl groups is 1. The average molecular weight is 429 g/mol. The zero-order chi connectivity index (χ0) is 22.8. The van der Waals surface area contributed by atoms with Crippen LogP contribution in [0.3, 0.4) is 0 Å². The highest BCUT2D eigenvalue weighted by Crippen LogP contribution is 2.50. The molecule has 0 saturated heterocycles. The van der Waals surface area contributed by atoms with Gasteiger partial charge in [0.15, 0.2) is 34.7 Å². The van der Waals surface area contributed by atoms with Crippen LogP contribution in [0.1, 0.15) is 39.1 Å². The molecule has 1 aromatic carbocycles. The Balaban J connectivity index is 1.80. The number of aliphatic hydroxyl groups is 1. The molecule has 2 saturated carbocycles. The second kappa shape index (κ2) is 6.81. The Morgan fingerprint density at radius 1 is 1.13 bits per heavy atom. The second-order valence-corrected chi connectivity index (χ2v) is 8.23. The first kappa shape index (κ1) is 20.9. The molecular formula is C21H19NO9. The highest BCUT2D eigenvalue weighted by molar-refractivity contribution is 6.31. The van der Waals surface area contributed by atoms with Gasteiger partial charge in [0, 0.05) is 12.3 Å². The van der Waals surface area contributed by atoms with Crippen molar-refractivity contribution in [3.8, 4) is 5.75 Å². The molecule has 4 N–H and O–H groups in total. The van der Waals surface area contributed by atoms with Crippen molar-refractivity contribution in [1.82, 2.24) is 0 Å². The number of methoxy groups -OCH3 is 1. The van der Waals surface area contributed by atoms with Gasteiger partial charge in [-0.25, -0.2) is 4.79 Å². The van der Waals surface area contributed by atoms with Crippen LogP contribution in [-0.2, 0) is 30.3 Å². The lowest BCUT2D eigenvalue weighted by Crippen LogP contribution is -2.68. The molecule has 2 fully saturated rings. The van der Waals surface area contributed by atoms with E-state index < -0.39 is 76.5 Å². The average Bonchev–Trinajstić information content (AvgIpc) is 2.70. The summed E-state index contributed by atoms with van der Waals surface area (Å²) in [4.78, 5) is 75.0. The van der Waals surface area contributed by atoms with E-state index in [9.17, 15) is 39.0 Å². The third-order valence-corrected chi connectivity index (χ3v) is 6.68. The number of amides is 1. The summed E-state index contributed by atoms with van der Waals surface area (Å²) in [7, 11) is 1.10. The SMILES string of the molecule is COC(=O)c1ccc2c(c1O)C(=O)C1C(=O)C3(O)C(=O)C(C(N)=O)C(=O)CC3CC1C2. The number of rotatable bonds is 2. The number of phenolic OH excluding ortho intramolecular Hbond substituents is 1. The molecule has 162 valence electrons. The van der Waals surface area contributed by atoms with Crippen molar-refractivity contribution in [1.29, 1.82) is 0 Å². The highest BCUT2D eigenvalue weighted by atomic mass is 16.5. The van der Waals surface area contributed by atoms with Crippen LogP contribution in [-0.4, -0.2) is 57.9 Å². The number of hydrogen-bond acceptors (Lipinski definition) is 9. The van der Waals surface area contributed by atoms with E-state index in [1.165, 1.54) is 12.1 Å². The van der Waals surface area contributed by atoms with E-state index in [2.05, 4.69) is 4.74 Å². The van der Waals surface area contributed by atoms with E-state index in [-0.39, 0.29) is 24.0 Å². The van der Waals surface area contributed by atoms with E-state index in [0.717, 1.165) is 7.11 Å². The summed E-state index contributed by atoms with van der Waals surface area (Å²) in [6.07, 6.45) is -0.223. The Hall–Kier alpha value is -3.40. The van der Waals surface area contributed by atoms with Gasteiger partial charge in [0.25, 0.3) is 0 Å². The summed E-state index contributed by atoms with van der Waals surface area (Å²) < 4.78 is 4.58. The Bertz CT molecular complexity index is 1090. The second-order valence-electron chi connectivity index (χ2n) is 8.23. The number of nitrogens with two attached hydrogens (primary N) is 1. The predicted molar refractivity (Wildman–Crippen MR) is 99.8 cm³/mol. The van der Waals surface area contributed by atoms with Gasteiger partial charge in [-0.3, -0.25) is 24.0 Å². The molecule has 5 atom stereocenters. The fourth-order valence-corrected chi connectivity index (χ4v) is 5.22. The van der Waals surface area contributed by atoms with Gasteiger partial charge in [-0.15, -0.1) is 0 Å². The largest absolute Gasteiger partial charge is 0.506 e. The maximum absolute atomic E-state index is 13.3. The summed E-state index contributed by atoms with van der Waals surface area (Å²) in [6, 6.07) is 2.78. The molecule has 0 spiro atoms. The molecular weight excluding hydrogens is 410 g/mol. The van der Waals surface area contributed by atoms with E-state index in [1.807, 2.05) is 0 Å². The summed E-state index contributed by atoms with van der Waals surface area (Å²) in [5, 5.41) is 21.6. The van der Waals surface area contributed by atoms with Crippen molar-refractivity contribution < 1.29 is 43.7 Å². The van der Waals surface area contributed by atoms with E-state index >= 15 is 0 Å². The van der Waals surface area contributed by atoms with Gasteiger partial charge in [-0.1, -0.05) is 6.07 Å². The number of benzene rings is 1. The summed E-state index contributed by atoms with van der Waals surface area (Å²) >= 11 is 0. The zero-order valence-corrected chi connectivity index (χ0v) is 16.4. The van der Waals surface area contributed by atoms with Gasteiger partial charge >= 0.3 is 5.97 Å². The molecule has 0 heterocycles. The van der Waals surface area contributed by atoms with Crippen LogP contribution in [0.4, 0.5) is 0 Å². The van der Waals surface area contributed by atoms with Crippen molar-refractivity contribution in [2.24, 2.45) is 29.4 Å². The highest BCUT2D eigenvalue weighted by Gasteiger charge is 2.66. The number of ketones is 4. The van der Waals surface area contributed by atoms with Crippen molar-refractivity contribution >= 4 is 35.0 Å². The van der Waals surface area contributed by atoms with Crippen molar-refractivity contribution in [2.75, 3.05) is 7.11 Å². The van der Waals surface area contributed by atoms with Gasteiger partial charge in [0.2, 0.25) is 5.91 Å². The molecule has 10 nitrogen and oxygen atoms in total. The first-order valence-electron chi connectivity index (χ1n) is 9.64. The molecule has 10 heteroatoms. The monoisotopic (exact) mass is 429 g/mol. The maximum Gasteiger partial charge on any atom is 0.341 e. The van der Waals surface area contributed by atoms with Crippen LogP contribution < -0.4 is 5.73 Å². The van der Waals surface area contributed by atoms with E-state index in [4.69, 9.17) is 5.73 Å². The van der Waals surface area contributed by atoms with Gasteiger partial charge in [-0.2, -0.15) is 0 Å². The van der Waals surface area contributed by atoms with Crippen LogP contribution in [0.5, 0.6) is 5.75 Å². The van der Waals surface area contributed by atoms with Gasteiger partial charge < -0.3 is 20.7 Å². The standard InChI is InChI=1S/C21H19NO9/c1-31-20(29)10-3-2-7-4-8-5-9-6-11(23)14(19(22)28)18(27)21(9,30)17(26)13(8)16(25)12(7)15(10)24/h2-3,8-9,13-14,24,30H,4-6H2,1H3,(H2,22,28). The van der Waals surface area contributed by atoms with Gasteiger partial charge in [0.05, 0.1) is 18.6 Å². The first-order chi connectivity index (χ1) is 14.5. The summed E-state index contributed by atoms with van der Waals surface area (Å²) in [5.74, 6) is -11.9. The number of phenols is 1. The zero-order valence-electron chi connectivity index (χ0n) is 16.4. The number of carbonyl (C=O) groups is 6. The lowest BCUT2D eigenvalue weighted by molar-refractivity contribution is -0.175. The minimum atomic E-state index is -2.70. The molecule has 0 bridgehead atoms. The number of hydrogen-bond donors (Lipinski definition) is 3. The lowest BCUT2D eigenvalue weighted by Gasteiger charge is -2.48. The van der Waals surface area contributed by atoms with Crippen LogP contribution >= 0.6 is 0 Å². The molecule has 4 rings (SSSR count). The normalized spacial score (nSPS) is 32.1. The number of carbonyl (C=O) groups excluding carboxylic acids is 6.